The average Bonchev–Trinajstić information content (AvgIpc) is 3.16. The largest absolute Gasteiger partial charge is 0.352 e. The van der Waals surface area contributed by atoms with Crippen LogP contribution >= 0.6 is 11.8 Å². The first-order valence-electron chi connectivity index (χ1n) is 9.93. The van der Waals surface area contributed by atoms with Gasteiger partial charge in [-0.3, -0.25) is 4.79 Å². The molecule has 3 heterocycles. The first-order valence-corrected chi connectivity index (χ1v) is 10.9. The number of imidazole rings is 1. The summed E-state index contributed by atoms with van der Waals surface area (Å²) in [5.41, 5.74) is 2.70. The molecule has 6 heteroatoms. The van der Waals surface area contributed by atoms with Crippen molar-refractivity contribution in [3.05, 3.63) is 66.1 Å². The summed E-state index contributed by atoms with van der Waals surface area (Å²) in [6.07, 6.45) is 7.58. The van der Waals surface area contributed by atoms with Gasteiger partial charge < -0.3 is 15.0 Å². The number of carbonyl (C=O) groups is 1. The van der Waals surface area contributed by atoms with Crippen molar-refractivity contribution in [1.82, 2.24) is 20.0 Å². The van der Waals surface area contributed by atoms with Gasteiger partial charge in [0.05, 0.1) is 11.3 Å². The molecular weight excluding hydrogens is 368 g/mol. The molecule has 2 aromatic heterocycles. The van der Waals surface area contributed by atoms with Crippen LogP contribution in [0.3, 0.4) is 0 Å². The van der Waals surface area contributed by atoms with Crippen LogP contribution in [0.1, 0.15) is 35.3 Å². The van der Waals surface area contributed by atoms with E-state index in [4.69, 9.17) is 0 Å². The Morgan fingerprint density at radius 3 is 3.00 bits per heavy atom. The number of piperidine rings is 1. The van der Waals surface area contributed by atoms with Crippen LogP contribution in [0.4, 0.5) is 0 Å². The Morgan fingerprint density at radius 1 is 1.25 bits per heavy atom. The van der Waals surface area contributed by atoms with Crippen LogP contribution in [-0.4, -0.2) is 34.9 Å². The molecule has 0 radical (unpaired) electrons. The van der Waals surface area contributed by atoms with Crippen molar-refractivity contribution in [2.75, 3.05) is 19.6 Å². The molecule has 0 aliphatic carbocycles. The Balaban J connectivity index is 1.35. The van der Waals surface area contributed by atoms with Gasteiger partial charge in [0.1, 0.15) is 5.65 Å². The lowest BCUT2D eigenvalue weighted by Gasteiger charge is -2.22. The lowest BCUT2D eigenvalue weighted by molar-refractivity contribution is 0.0947. The van der Waals surface area contributed by atoms with E-state index in [1.54, 1.807) is 11.8 Å². The molecule has 146 valence electrons. The van der Waals surface area contributed by atoms with E-state index in [1.807, 2.05) is 59.3 Å². The normalized spacial score (nSPS) is 16.9. The molecule has 4 rings (SSSR count). The van der Waals surface area contributed by atoms with E-state index in [1.165, 1.54) is 12.8 Å². The predicted octanol–water partition coefficient (Wildman–Crippen LogP) is 3.75. The highest BCUT2D eigenvalue weighted by molar-refractivity contribution is 7.98. The first kappa shape index (κ1) is 19.0. The minimum Gasteiger partial charge on any atom is -0.352 e. The van der Waals surface area contributed by atoms with Gasteiger partial charge in [0, 0.05) is 29.6 Å². The summed E-state index contributed by atoms with van der Waals surface area (Å²) in [5.74, 6) is 1.43. The number of hydrogen-bond acceptors (Lipinski definition) is 4. The third kappa shape index (κ3) is 4.75. The fourth-order valence-corrected chi connectivity index (χ4v) is 4.58. The van der Waals surface area contributed by atoms with Crippen molar-refractivity contribution in [3.63, 3.8) is 0 Å². The zero-order valence-corrected chi connectivity index (χ0v) is 16.8. The molecule has 1 amide bonds. The zero-order valence-electron chi connectivity index (χ0n) is 15.9. The van der Waals surface area contributed by atoms with Gasteiger partial charge in [0.25, 0.3) is 5.91 Å². The van der Waals surface area contributed by atoms with E-state index < -0.39 is 0 Å². The molecule has 3 aromatic rings. The third-order valence-electron chi connectivity index (χ3n) is 5.16. The van der Waals surface area contributed by atoms with Gasteiger partial charge in [0.15, 0.2) is 0 Å². The number of aromatic nitrogens is 2. The number of benzene rings is 1. The van der Waals surface area contributed by atoms with Crippen LogP contribution in [0.5, 0.6) is 0 Å². The highest BCUT2D eigenvalue weighted by Gasteiger charge is 2.15. The van der Waals surface area contributed by atoms with Gasteiger partial charge in [-0.05, 0) is 62.5 Å². The Labute approximate surface area is 169 Å². The lowest BCUT2D eigenvalue weighted by atomic mass is 9.96. The number of rotatable bonds is 7. The van der Waals surface area contributed by atoms with E-state index in [9.17, 15) is 4.79 Å². The second-order valence-electron chi connectivity index (χ2n) is 7.24. The topological polar surface area (TPSA) is 58.4 Å². The summed E-state index contributed by atoms with van der Waals surface area (Å²) in [6.45, 7) is 2.93. The van der Waals surface area contributed by atoms with Crippen LogP contribution < -0.4 is 10.6 Å². The number of pyridine rings is 1. The first-order chi connectivity index (χ1) is 13.8. The third-order valence-corrected chi connectivity index (χ3v) is 6.27. The SMILES string of the molecule is O=C(NCCC1CCCNC1)c1ccccc1SCc1cn2ccccc2n1. The summed E-state index contributed by atoms with van der Waals surface area (Å²) >= 11 is 1.66. The van der Waals surface area contributed by atoms with Crippen LogP contribution in [0, 0.1) is 5.92 Å². The summed E-state index contributed by atoms with van der Waals surface area (Å²) in [4.78, 5) is 18.3. The van der Waals surface area contributed by atoms with Gasteiger partial charge >= 0.3 is 0 Å². The average molecular weight is 395 g/mol. The molecule has 0 bridgehead atoms. The van der Waals surface area contributed by atoms with E-state index >= 15 is 0 Å². The Kier molecular flexibility index (Phi) is 6.29. The molecule has 1 aromatic carbocycles. The van der Waals surface area contributed by atoms with Crippen molar-refractivity contribution in [3.8, 4) is 0 Å². The van der Waals surface area contributed by atoms with Crippen molar-refractivity contribution >= 4 is 23.3 Å². The maximum Gasteiger partial charge on any atom is 0.252 e. The van der Waals surface area contributed by atoms with E-state index in [0.717, 1.165) is 53.6 Å². The highest BCUT2D eigenvalue weighted by atomic mass is 32.2. The predicted molar refractivity (Wildman–Crippen MR) is 114 cm³/mol. The Morgan fingerprint density at radius 2 is 2.14 bits per heavy atom. The van der Waals surface area contributed by atoms with Gasteiger partial charge in [-0.15, -0.1) is 11.8 Å². The number of nitrogens with zero attached hydrogens (tertiary/aromatic N) is 2. The zero-order chi connectivity index (χ0) is 19.2. The number of amides is 1. The minimum absolute atomic E-state index is 0.0156. The van der Waals surface area contributed by atoms with Crippen LogP contribution in [-0.2, 0) is 5.75 Å². The maximum absolute atomic E-state index is 12.7. The molecular formula is C22H26N4OS. The Bertz CT molecular complexity index is 900. The smallest absolute Gasteiger partial charge is 0.252 e. The van der Waals surface area contributed by atoms with Gasteiger partial charge in [-0.1, -0.05) is 18.2 Å². The fraction of sp³-hybridized carbons (Fsp3) is 0.364. The van der Waals surface area contributed by atoms with Crippen LogP contribution in [0.2, 0.25) is 0 Å². The van der Waals surface area contributed by atoms with Crippen LogP contribution in [0.25, 0.3) is 5.65 Å². The number of fused-ring (bicyclic) bond motifs is 1. The second-order valence-corrected chi connectivity index (χ2v) is 8.26. The summed E-state index contributed by atoms with van der Waals surface area (Å²) in [5, 5.41) is 6.54. The molecule has 1 atom stereocenters. The maximum atomic E-state index is 12.7. The summed E-state index contributed by atoms with van der Waals surface area (Å²) in [7, 11) is 0. The molecule has 1 aliphatic rings. The summed E-state index contributed by atoms with van der Waals surface area (Å²) in [6, 6.07) is 13.8. The molecule has 2 N–H and O–H groups in total. The molecule has 1 aliphatic heterocycles. The number of carbonyl (C=O) groups excluding carboxylic acids is 1. The number of nitrogens with one attached hydrogen (secondary N) is 2. The van der Waals surface area contributed by atoms with Gasteiger partial charge in [-0.2, -0.15) is 0 Å². The van der Waals surface area contributed by atoms with Crippen LogP contribution in [0.15, 0.2) is 59.8 Å². The molecule has 28 heavy (non-hydrogen) atoms. The van der Waals surface area contributed by atoms with Gasteiger partial charge in [0.2, 0.25) is 0 Å². The number of hydrogen-bond donors (Lipinski definition) is 2. The highest BCUT2D eigenvalue weighted by Crippen LogP contribution is 2.26. The molecule has 1 unspecified atom stereocenters. The van der Waals surface area contributed by atoms with Crippen molar-refractivity contribution in [2.45, 2.75) is 29.9 Å². The van der Waals surface area contributed by atoms with Crippen molar-refractivity contribution in [1.29, 1.82) is 0 Å². The van der Waals surface area contributed by atoms with E-state index in [0.29, 0.717) is 5.92 Å². The fourth-order valence-electron chi connectivity index (χ4n) is 3.64. The van der Waals surface area contributed by atoms with Gasteiger partial charge in [-0.25, -0.2) is 4.98 Å². The molecule has 0 spiro atoms. The minimum atomic E-state index is 0.0156. The van der Waals surface area contributed by atoms with E-state index in [-0.39, 0.29) is 5.91 Å². The van der Waals surface area contributed by atoms with Crippen molar-refractivity contribution < 1.29 is 4.79 Å². The Hall–Kier alpha value is -2.31. The standard InChI is InChI=1S/C22H26N4OS/c27-22(24-12-10-17-6-5-11-23-14-17)19-7-1-2-8-20(19)28-16-18-15-26-13-4-3-9-21(26)25-18/h1-4,7-9,13,15,17,23H,5-6,10-12,14,16H2,(H,24,27). The molecule has 0 saturated carbocycles. The van der Waals surface area contributed by atoms with E-state index in [2.05, 4.69) is 15.6 Å². The number of thioether (sulfide) groups is 1. The monoisotopic (exact) mass is 394 g/mol. The van der Waals surface area contributed by atoms with Crippen molar-refractivity contribution in [2.24, 2.45) is 5.92 Å². The quantitative estimate of drug-likeness (QED) is 0.599. The second kappa shape index (κ2) is 9.26. The molecule has 5 nitrogen and oxygen atoms in total. The molecule has 1 fully saturated rings. The lowest BCUT2D eigenvalue weighted by Crippen LogP contribution is -2.33. The summed E-state index contributed by atoms with van der Waals surface area (Å²) < 4.78 is 2.02. The molecule has 1 saturated heterocycles.